The van der Waals surface area contributed by atoms with Crippen LogP contribution in [0.25, 0.3) is 0 Å². The van der Waals surface area contributed by atoms with E-state index in [9.17, 15) is 9.59 Å². The first kappa shape index (κ1) is 52.4. The average Bonchev–Trinajstić information content (AvgIpc) is 3.17. The van der Waals surface area contributed by atoms with E-state index < -0.39 is 6.10 Å². The van der Waals surface area contributed by atoms with Gasteiger partial charge in [-0.25, -0.2) is 0 Å². The van der Waals surface area contributed by atoms with Gasteiger partial charge in [-0.05, 0) is 51.4 Å². The van der Waals surface area contributed by atoms with Crippen LogP contribution >= 0.6 is 0 Å². The number of esters is 2. The van der Waals surface area contributed by atoms with Crippen molar-refractivity contribution in [1.29, 1.82) is 0 Å². The molecule has 0 N–H and O–H groups in total. The van der Waals surface area contributed by atoms with Gasteiger partial charge in [0.15, 0.2) is 6.10 Å². The third-order valence-corrected chi connectivity index (χ3v) is 10.5. The van der Waals surface area contributed by atoms with E-state index in [1.54, 1.807) is 0 Å². The number of hydrogen-bond donors (Lipinski definition) is 0. The molecule has 0 heterocycles. The molecule has 0 aliphatic heterocycles. The fourth-order valence-corrected chi connectivity index (χ4v) is 6.89. The van der Waals surface area contributed by atoms with Crippen molar-refractivity contribution in [3.05, 3.63) is 24.3 Å². The topological polar surface area (TPSA) is 61.8 Å². The van der Waals surface area contributed by atoms with Crippen LogP contribution < -0.4 is 0 Å². The van der Waals surface area contributed by atoms with E-state index in [0.29, 0.717) is 26.1 Å². The summed E-state index contributed by atoms with van der Waals surface area (Å²) in [7, 11) is 0. The molecular weight excluding hydrogens is 669 g/mol. The summed E-state index contributed by atoms with van der Waals surface area (Å²) in [6.45, 7) is 7.79. The van der Waals surface area contributed by atoms with Crippen LogP contribution in [-0.2, 0) is 23.8 Å². The molecule has 54 heavy (non-hydrogen) atoms. The number of hydrogen-bond acceptors (Lipinski definition) is 5. The van der Waals surface area contributed by atoms with Crippen LogP contribution in [0.1, 0.15) is 252 Å². The van der Waals surface area contributed by atoms with Crippen molar-refractivity contribution in [2.75, 3.05) is 19.8 Å². The summed E-state index contributed by atoms with van der Waals surface area (Å²) < 4.78 is 17.3. The smallest absolute Gasteiger partial charge is 0.306 e. The summed E-state index contributed by atoms with van der Waals surface area (Å²) in [5.74, 6) is -0.394. The summed E-state index contributed by atoms with van der Waals surface area (Å²) >= 11 is 0. The van der Waals surface area contributed by atoms with Crippen LogP contribution in [-0.4, -0.2) is 37.9 Å². The zero-order valence-electron chi connectivity index (χ0n) is 36.5. The van der Waals surface area contributed by atoms with Gasteiger partial charge in [-0.3, -0.25) is 9.59 Å². The Labute approximate surface area is 337 Å². The van der Waals surface area contributed by atoms with Crippen LogP contribution in [0.4, 0.5) is 0 Å². The average molecular weight is 761 g/mol. The summed E-state index contributed by atoms with van der Waals surface area (Å²) in [5.41, 5.74) is 0. The first-order chi connectivity index (χ1) is 26.6. The Bertz CT molecular complexity index is 821. The minimum atomic E-state index is -0.528. The lowest BCUT2D eigenvalue weighted by Crippen LogP contribution is -2.30. The molecule has 0 aliphatic carbocycles. The van der Waals surface area contributed by atoms with Crippen molar-refractivity contribution in [2.24, 2.45) is 0 Å². The van der Waals surface area contributed by atoms with E-state index >= 15 is 0 Å². The highest BCUT2D eigenvalue weighted by molar-refractivity contribution is 5.70. The fourth-order valence-electron chi connectivity index (χ4n) is 6.89. The largest absolute Gasteiger partial charge is 0.462 e. The Balaban J connectivity index is 4.10. The van der Waals surface area contributed by atoms with Crippen molar-refractivity contribution in [3.63, 3.8) is 0 Å². The van der Waals surface area contributed by atoms with Gasteiger partial charge in [-0.2, -0.15) is 0 Å². The van der Waals surface area contributed by atoms with E-state index in [1.165, 1.54) is 173 Å². The summed E-state index contributed by atoms with van der Waals surface area (Å²) in [6.07, 6.45) is 51.9. The number of ether oxygens (including phenoxy) is 3. The normalized spacial score (nSPS) is 12.3. The Morgan fingerprint density at radius 3 is 1.26 bits per heavy atom. The molecule has 0 aromatic carbocycles. The Morgan fingerprint density at radius 2 is 0.778 bits per heavy atom. The van der Waals surface area contributed by atoms with Crippen molar-refractivity contribution < 1.29 is 23.8 Å². The molecular formula is C49H92O5. The van der Waals surface area contributed by atoms with E-state index in [1.807, 2.05) is 0 Å². The van der Waals surface area contributed by atoms with E-state index in [2.05, 4.69) is 45.1 Å². The first-order valence-corrected chi connectivity index (χ1v) is 23.9. The third-order valence-electron chi connectivity index (χ3n) is 10.5. The highest BCUT2D eigenvalue weighted by Gasteiger charge is 2.17. The van der Waals surface area contributed by atoms with Crippen LogP contribution in [0.2, 0.25) is 0 Å². The second kappa shape index (κ2) is 45.8. The zero-order chi connectivity index (χ0) is 39.3. The molecule has 0 aromatic rings. The highest BCUT2D eigenvalue weighted by Crippen LogP contribution is 2.15. The van der Waals surface area contributed by atoms with Crippen molar-refractivity contribution >= 4 is 11.9 Å². The summed E-state index contributed by atoms with van der Waals surface area (Å²) in [6, 6.07) is 0. The predicted octanol–water partition coefficient (Wildman–Crippen LogP) is 15.7. The lowest BCUT2D eigenvalue weighted by Gasteiger charge is -2.18. The molecule has 0 saturated heterocycles. The number of carbonyl (C=O) groups excluding carboxylic acids is 2. The van der Waals surface area contributed by atoms with Gasteiger partial charge < -0.3 is 14.2 Å². The highest BCUT2D eigenvalue weighted by atomic mass is 16.6. The van der Waals surface area contributed by atoms with E-state index in [-0.39, 0.29) is 18.5 Å². The van der Waals surface area contributed by atoms with Gasteiger partial charge in [0.25, 0.3) is 0 Å². The SMILES string of the molecule is CCCCC/C=C\C/C=C\CCCCCCCCCCOCC(COC(=O)CCCCCCCCCCCCCCC)OC(=O)CCCCCCCCC. The molecule has 0 amide bonds. The molecule has 0 radical (unpaired) electrons. The Hall–Kier alpha value is -1.62. The van der Waals surface area contributed by atoms with Crippen LogP contribution in [0, 0.1) is 0 Å². The standard InChI is InChI=1S/C49H92O5/c1-4-7-10-13-16-18-20-22-23-24-25-26-28-30-32-35-38-41-44-52-45-47(54-49(51)43-40-37-33-15-12-9-6-3)46-53-48(50)42-39-36-34-31-29-27-21-19-17-14-11-8-5-2/h16,18,22-23,47H,4-15,17,19-21,24-46H2,1-3H3/b18-16-,23-22-. The molecule has 0 aliphatic rings. The molecule has 0 fully saturated rings. The fraction of sp³-hybridized carbons (Fsp3) is 0.878. The molecule has 1 atom stereocenters. The summed E-state index contributed by atoms with van der Waals surface area (Å²) in [5, 5.41) is 0. The maximum atomic E-state index is 12.6. The maximum absolute atomic E-state index is 12.6. The molecule has 5 nitrogen and oxygen atoms in total. The van der Waals surface area contributed by atoms with Crippen molar-refractivity contribution in [3.8, 4) is 0 Å². The number of unbranched alkanes of at least 4 members (excludes halogenated alkanes) is 29. The first-order valence-electron chi connectivity index (χ1n) is 23.9. The zero-order valence-corrected chi connectivity index (χ0v) is 36.5. The molecule has 0 aromatic heterocycles. The van der Waals surface area contributed by atoms with Gasteiger partial charge >= 0.3 is 11.9 Å². The van der Waals surface area contributed by atoms with Gasteiger partial charge in [-0.15, -0.1) is 0 Å². The molecule has 1 unspecified atom stereocenters. The number of allylic oxidation sites excluding steroid dienone is 4. The lowest BCUT2D eigenvalue weighted by molar-refractivity contribution is -0.163. The Morgan fingerprint density at radius 1 is 0.407 bits per heavy atom. The van der Waals surface area contributed by atoms with Crippen LogP contribution in [0.15, 0.2) is 24.3 Å². The minimum Gasteiger partial charge on any atom is -0.462 e. The molecule has 318 valence electrons. The maximum Gasteiger partial charge on any atom is 0.306 e. The van der Waals surface area contributed by atoms with Gasteiger partial charge in [-0.1, -0.05) is 212 Å². The molecule has 0 saturated carbocycles. The molecule has 0 spiro atoms. The predicted molar refractivity (Wildman–Crippen MR) is 233 cm³/mol. The quantitative estimate of drug-likeness (QED) is 0.0352. The van der Waals surface area contributed by atoms with Crippen molar-refractivity contribution in [2.45, 2.75) is 258 Å². The monoisotopic (exact) mass is 761 g/mol. The van der Waals surface area contributed by atoms with Gasteiger partial charge in [0.1, 0.15) is 6.61 Å². The Kier molecular flexibility index (Phi) is 44.4. The second-order valence-corrected chi connectivity index (χ2v) is 16.0. The number of rotatable bonds is 44. The van der Waals surface area contributed by atoms with Crippen LogP contribution in [0.5, 0.6) is 0 Å². The molecule has 0 bridgehead atoms. The third kappa shape index (κ3) is 43.1. The molecule has 5 heteroatoms. The molecule has 0 rings (SSSR count). The lowest BCUT2D eigenvalue weighted by atomic mass is 10.0. The van der Waals surface area contributed by atoms with Crippen molar-refractivity contribution in [1.82, 2.24) is 0 Å². The number of carbonyl (C=O) groups is 2. The van der Waals surface area contributed by atoms with E-state index in [0.717, 1.165) is 44.9 Å². The van der Waals surface area contributed by atoms with Crippen LogP contribution in [0.3, 0.4) is 0 Å². The van der Waals surface area contributed by atoms with E-state index in [4.69, 9.17) is 14.2 Å². The van der Waals surface area contributed by atoms with Gasteiger partial charge in [0.2, 0.25) is 0 Å². The second-order valence-electron chi connectivity index (χ2n) is 16.0. The van der Waals surface area contributed by atoms with Gasteiger partial charge in [0.05, 0.1) is 6.61 Å². The minimum absolute atomic E-state index is 0.0893. The van der Waals surface area contributed by atoms with Gasteiger partial charge in [0, 0.05) is 19.4 Å². The summed E-state index contributed by atoms with van der Waals surface area (Å²) in [4.78, 5) is 25.1.